The molecule has 116 valence electrons. The molecule has 0 spiro atoms. The molecule has 6 heteroatoms. The van der Waals surface area contributed by atoms with Crippen molar-refractivity contribution in [3.63, 3.8) is 0 Å². The van der Waals surface area contributed by atoms with Gasteiger partial charge in [0.15, 0.2) is 0 Å². The van der Waals surface area contributed by atoms with Gasteiger partial charge in [-0.25, -0.2) is 9.38 Å². The smallest absolute Gasteiger partial charge is 0.266 e. The molecule has 0 radical (unpaired) electrons. The number of hydrogen-bond donors (Lipinski definition) is 1. The standard InChI is InChI=1S/C17H15N3O3/c1-2-12-15(21)19(10-11-6-5-9-23-11)17-18-13-7-3-4-8-14(13)20(17)16(12)22/h3-9,21H,2,10H2,1H3. The van der Waals surface area contributed by atoms with E-state index in [9.17, 15) is 9.90 Å². The summed E-state index contributed by atoms with van der Waals surface area (Å²) in [7, 11) is 0. The first kappa shape index (κ1) is 13.6. The molecule has 3 heterocycles. The maximum absolute atomic E-state index is 12.7. The molecule has 0 bridgehead atoms. The Hall–Kier alpha value is -3.02. The maximum Gasteiger partial charge on any atom is 0.266 e. The third-order valence-electron chi connectivity index (χ3n) is 4.02. The fourth-order valence-electron chi connectivity index (χ4n) is 2.90. The zero-order chi connectivity index (χ0) is 16.0. The number of aromatic hydroxyl groups is 1. The third-order valence-corrected chi connectivity index (χ3v) is 4.02. The zero-order valence-corrected chi connectivity index (χ0v) is 12.6. The average Bonchev–Trinajstić information content (AvgIpc) is 3.19. The highest BCUT2D eigenvalue weighted by Gasteiger charge is 2.19. The SMILES string of the molecule is CCc1c(O)n(Cc2ccco2)c2nc3ccccc3n2c1=O. The quantitative estimate of drug-likeness (QED) is 0.631. The minimum absolute atomic E-state index is 0.0586. The number of hydrogen-bond acceptors (Lipinski definition) is 4. The minimum atomic E-state index is -0.232. The summed E-state index contributed by atoms with van der Waals surface area (Å²) in [4.78, 5) is 17.3. The molecule has 3 aromatic heterocycles. The van der Waals surface area contributed by atoms with Gasteiger partial charge in [-0.3, -0.25) is 9.36 Å². The second-order valence-corrected chi connectivity index (χ2v) is 5.36. The second-order valence-electron chi connectivity index (χ2n) is 5.36. The lowest BCUT2D eigenvalue weighted by Gasteiger charge is -2.12. The molecular formula is C17H15N3O3. The molecule has 23 heavy (non-hydrogen) atoms. The molecule has 0 aliphatic carbocycles. The number of benzene rings is 1. The molecule has 4 aromatic rings. The summed E-state index contributed by atoms with van der Waals surface area (Å²) in [6.45, 7) is 2.15. The Morgan fingerprint density at radius 3 is 2.78 bits per heavy atom. The highest BCUT2D eigenvalue weighted by molar-refractivity contribution is 5.79. The number of furan rings is 1. The molecule has 1 aromatic carbocycles. The monoisotopic (exact) mass is 309 g/mol. The molecule has 0 atom stereocenters. The predicted molar refractivity (Wildman–Crippen MR) is 85.8 cm³/mol. The Morgan fingerprint density at radius 1 is 1.22 bits per heavy atom. The number of fused-ring (bicyclic) bond motifs is 3. The summed E-state index contributed by atoms with van der Waals surface area (Å²) in [6.07, 6.45) is 2.01. The Bertz CT molecular complexity index is 1060. The number of imidazole rings is 1. The van der Waals surface area contributed by atoms with Gasteiger partial charge < -0.3 is 9.52 Å². The van der Waals surface area contributed by atoms with E-state index in [0.717, 1.165) is 5.52 Å². The van der Waals surface area contributed by atoms with E-state index < -0.39 is 0 Å². The van der Waals surface area contributed by atoms with Gasteiger partial charge >= 0.3 is 0 Å². The lowest BCUT2D eigenvalue weighted by molar-refractivity contribution is 0.398. The molecule has 0 saturated carbocycles. The molecule has 0 unspecified atom stereocenters. The van der Waals surface area contributed by atoms with Crippen LogP contribution in [0.15, 0.2) is 51.9 Å². The van der Waals surface area contributed by atoms with E-state index in [4.69, 9.17) is 4.42 Å². The van der Waals surface area contributed by atoms with Crippen molar-refractivity contribution < 1.29 is 9.52 Å². The summed E-state index contributed by atoms with van der Waals surface area (Å²) in [5.74, 6) is 1.03. The highest BCUT2D eigenvalue weighted by Crippen LogP contribution is 2.23. The number of para-hydroxylation sites is 2. The largest absolute Gasteiger partial charge is 0.494 e. The second kappa shape index (κ2) is 5.01. The van der Waals surface area contributed by atoms with Crippen LogP contribution in [0.5, 0.6) is 5.88 Å². The maximum atomic E-state index is 12.7. The lowest BCUT2D eigenvalue weighted by atomic mass is 10.2. The van der Waals surface area contributed by atoms with Crippen molar-refractivity contribution >= 4 is 16.8 Å². The fraction of sp³-hybridized carbons (Fsp3) is 0.176. The van der Waals surface area contributed by atoms with Crippen LogP contribution in [0.3, 0.4) is 0 Å². The van der Waals surface area contributed by atoms with E-state index >= 15 is 0 Å². The van der Waals surface area contributed by atoms with Gasteiger partial charge in [-0.05, 0) is 30.7 Å². The minimum Gasteiger partial charge on any atom is -0.494 e. The molecule has 6 nitrogen and oxygen atoms in total. The van der Waals surface area contributed by atoms with Crippen molar-refractivity contribution in [3.05, 3.63) is 64.3 Å². The highest BCUT2D eigenvalue weighted by atomic mass is 16.3. The molecule has 0 amide bonds. The topological polar surface area (TPSA) is 72.7 Å². The first-order valence-corrected chi connectivity index (χ1v) is 7.45. The number of nitrogens with zero attached hydrogens (tertiary/aromatic N) is 3. The summed E-state index contributed by atoms with van der Waals surface area (Å²) in [6, 6.07) is 11.0. The van der Waals surface area contributed by atoms with E-state index in [1.54, 1.807) is 21.3 Å². The van der Waals surface area contributed by atoms with Gasteiger partial charge in [-0.15, -0.1) is 0 Å². The Kier molecular flexibility index (Phi) is 2.97. The van der Waals surface area contributed by atoms with E-state index in [1.165, 1.54) is 0 Å². The van der Waals surface area contributed by atoms with Crippen LogP contribution >= 0.6 is 0 Å². The predicted octanol–water partition coefficient (Wildman–Crippen LogP) is 2.56. The van der Waals surface area contributed by atoms with E-state index in [-0.39, 0.29) is 11.4 Å². The van der Waals surface area contributed by atoms with Crippen LogP contribution in [0.1, 0.15) is 18.2 Å². The summed E-state index contributed by atoms with van der Waals surface area (Å²) >= 11 is 0. The van der Waals surface area contributed by atoms with Gasteiger partial charge in [-0.2, -0.15) is 0 Å². The van der Waals surface area contributed by atoms with Crippen molar-refractivity contribution in [2.24, 2.45) is 0 Å². The first-order chi connectivity index (χ1) is 11.2. The third kappa shape index (κ3) is 1.95. The van der Waals surface area contributed by atoms with Crippen molar-refractivity contribution in [1.82, 2.24) is 14.0 Å². The molecule has 0 saturated heterocycles. The number of aromatic nitrogens is 3. The van der Waals surface area contributed by atoms with E-state index in [1.807, 2.05) is 37.3 Å². The van der Waals surface area contributed by atoms with E-state index in [2.05, 4.69) is 4.98 Å². The van der Waals surface area contributed by atoms with Crippen molar-refractivity contribution in [2.45, 2.75) is 19.9 Å². The molecular weight excluding hydrogens is 294 g/mol. The van der Waals surface area contributed by atoms with Gasteiger partial charge in [0.05, 0.1) is 29.4 Å². The molecule has 0 aliphatic rings. The van der Waals surface area contributed by atoms with Gasteiger partial charge in [-0.1, -0.05) is 19.1 Å². The molecule has 4 rings (SSSR count). The molecule has 0 fully saturated rings. The van der Waals surface area contributed by atoms with Crippen LogP contribution in [0.4, 0.5) is 0 Å². The Balaban J connectivity index is 2.13. The first-order valence-electron chi connectivity index (χ1n) is 7.45. The molecule has 0 aliphatic heterocycles. The Labute approximate surface area is 131 Å². The fourth-order valence-corrected chi connectivity index (χ4v) is 2.90. The van der Waals surface area contributed by atoms with E-state index in [0.29, 0.717) is 35.6 Å². The number of rotatable bonds is 3. The lowest BCUT2D eigenvalue weighted by Crippen LogP contribution is -2.22. The van der Waals surface area contributed by atoms with Gasteiger partial charge in [0, 0.05) is 0 Å². The summed E-state index contributed by atoms with van der Waals surface area (Å²) in [5.41, 5.74) is 1.58. The molecule has 1 N–H and O–H groups in total. The van der Waals surface area contributed by atoms with Crippen LogP contribution in [0.2, 0.25) is 0 Å². The average molecular weight is 309 g/mol. The summed E-state index contributed by atoms with van der Waals surface area (Å²) in [5, 5.41) is 10.6. The zero-order valence-electron chi connectivity index (χ0n) is 12.6. The van der Waals surface area contributed by atoms with Gasteiger partial charge in [0.2, 0.25) is 11.7 Å². The van der Waals surface area contributed by atoms with Gasteiger partial charge in [0.25, 0.3) is 5.56 Å². The normalized spacial score (nSPS) is 11.5. The van der Waals surface area contributed by atoms with Crippen molar-refractivity contribution in [2.75, 3.05) is 0 Å². The van der Waals surface area contributed by atoms with Crippen molar-refractivity contribution in [3.8, 4) is 5.88 Å². The van der Waals surface area contributed by atoms with Crippen LogP contribution in [-0.4, -0.2) is 19.1 Å². The van der Waals surface area contributed by atoms with Crippen LogP contribution in [0.25, 0.3) is 16.8 Å². The Morgan fingerprint density at radius 2 is 2.04 bits per heavy atom. The van der Waals surface area contributed by atoms with Crippen LogP contribution in [-0.2, 0) is 13.0 Å². The van der Waals surface area contributed by atoms with Crippen LogP contribution < -0.4 is 5.56 Å². The summed E-state index contributed by atoms with van der Waals surface area (Å²) < 4.78 is 8.53. The van der Waals surface area contributed by atoms with Crippen LogP contribution in [0, 0.1) is 0 Å². The van der Waals surface area contributed by atoms with Crippen molar-refractivity contribution in [1.29, 1.82) is 0 Å². The van der Waals surface area contributed by atoms with Gasteiger partial charge in [0.1, 0.15) is 5.76 Å².